The van der Waals surface area contributed by atoms with E-state index in [2.05, 4.69) is 22.0 Å². The molecule has 3 aromatic heterocycles. The Bertz CT molecular complexity index is 957. The third kappa shape index (κ3) is 2.80. The number of pyridine rings is 2. The van der Waals surface area contributed by atoms with Crippen molar-refractivity contribution in [3.63, 3.8) is 0 Å². The minimum absolute atomic E-state index is 0.127. The molecule has 0 radical (unpaired) electrons. The van der Waals surface area contributed by atoms with Crippen molar-refractivity contribution in [1.29, 1.82) is 0 Å². The molecule has 0 aliphatic heterocycles. The molecule has 6 heteroatoms. The molecule has 1 amide bonds. The van der Waals surface area contributed by atoms with E-state index in [4.69, 9.17) is 4.98 Å². The highest BCUT2D eigenvalue weighted by molar-refractivity contribution is 6.06. The molecule has 25 heavy (non-hydrogen) atoms. The highest BCUT2D eigenvalue weighted by Gasteiger charge is 2.29. The number of carbonyl (C=O) groups excluding carboxylic acids is 1. The zero-order chi connectivity index (χ0) is 17.4. The number of amides is 1. The van der Waals surface area contributed by atoms with Crippen molar-refractivity contribution in [2.75, 3.05) is 6.54 Å². The first-order valence-electron chi connectivity index (χ1n) is 8.40. The van der Waals surface area contributed by atoms with Crippen LogP contribution in [-0.2, 0) is 0 Å². The molecule has 1 N–H and O–H groups in total. The number of carbonyl (C=O) groups is 1. The van der Waals surface area contributed by atoms with Gasteiger partial charge in [-0.1, -0.05) is 12.1 Å². The number of aromatic nitrogens is 4. The highest BCUT2D eigenvalue weighted by atomic mass is 16.1. The summed E-state index contributed by atoms with van der Waals surface area (Å²) < 4.78 is 1.72. The van der Waals surface area contributed by atoms with Gasteiger partial charge in [-0.2, -0.15) is 9.78 Å². The molecule has 0 spiro atoms. The van der Waals surface area contributed by atoms with E-state index < -0.39 is 0 Å². The number of hydrogen-bond donors (Lipinski definition) is 1. The molecule has 6 nitrogen and oxygen atoms in total. The molecule has 0 unspecified atom stereocenters. The van der Waals surface area contributed by atoms with Crippen molar-refractivity contribution in [3.8, 4) is 5.82 Å². The second kappa shape index (κ2) is 6.12. The Labute approximate surface area is 145 Å². The Balaban J connectivity index is 1.94. The molecule has 0 atom stereocenters. The average molecular weight is 333 g/mol. The van der Waals surface area contributed by atoms with Gasteiger partial charge in [-0.25, -0.2) is 9.97 Å². The molecule has 3 aromatic rings. The highest BCUT2D eigenvalue weighted by Crippen LogP contribution is 2.40. The summed E-state index contributed by atoms with van der Waals surface area (Å²) in [6, 6.07) is 7.57. The summed E-state index contributed by atoms with van der Waals surface area (Å²) in [6.07, 6.45) is 5.62. The van der Waals surface area contributed by atoms with E-state index in [1.165, 1.54) is 0 Å². The summed E-state index contributed by atoms with van der Waals surface area (Å²) in [5, 5.41) is 8.24. The van der Waals surface area contributed by atoms with Crippen LogP contribution in [0.4, 0.5) is 0 Å². The number of nitrogens with one attached hydrogen (secondary N) is 1. The van der Waals surface area contributed by atoms with Gasteiger partial charge in [-0.15, -0.1) is 6.58 Å². The van der Waals surface area contributed by atoms with Gasteiger partial charge in [-0.05, 0) is 38.0 Å². The summed E-state index contributed by atoms with van der Waals surface area (Å²) in [5.41, 5.74) is 3.02. The fraction of sp³-hybridized carbons (Fsp3) is 0.263. The fourth-order valence-electron chi connectivity index (χ4n) is 2.97. The predicted octanol–water partition coefficient (Wildman–Crippen LogP) is 2.92. The maximum Gasteiger partial charge on any atom is 0.252 e. The third-order valence-electron chi connectivity index (χ3n) is 4.35. The maximum atomic E-state index is 12.7. The van der Waals surface area contributed by atoms with Crippen molar-refractivity contribution in [3.05, 3.63) is 60.1 Å². The lowest BCUT2D eigenvalue weighted by Crippen LogP contribution is -2.24. The van der Waals surface area contributed by atoms with E-state index in [9.17, 15) is 4.79 Å². The molecule has 1 aliphatic rings. The van der Waals surface area contributed by atoms with E-state index in [-0.39, 0.29) is 5.91 Å². The first-order valence-corrected chi connectivity index (χ1v) is 8.40. The number of hydrogen-bond acceptors (Lipinski definition) is 4. The summed E-state index contributed by atoms with van der Waals surface area (Å²) in [6.45, 7) is 5.97. The van der Waals surface area contributed by atoms with Gasteiger partial charge in [-0.3, -0.25) is 4.79 Å². The van der Waals surface area contributed by atoms with Crippen LogP contribution in [0, 0.1) is 6.92 Å². The van der Waals surface area contributed by atoms with Crippen LogP contribution in [0.3, 0.4) is 0 Å². The van der Waals surface area contributed by atoms with Crippen LogP contribution in [0.2, 0.25) is 0 Å². The van der Waals surface area contributed by atoms with E-state index in [1.54, 1.807) is 17.0 Å². The van der Waals surface area contributed by atoms with Crippen molar-refractivity contribution in [1.82, 2.24) is 25.1 Å². The Kier molecular flexibility index (Phi) is 3.80. The average Bonchev–Trinajstić information content (AvgIpc) is 3.44. The molecule has 0 bridgehead atoms. The fourth-order valence-corrected chi connectivity index (χ4v) is 2.97. The van der Waals surface area contributed by atoms with Gasteiger partial charge in [0.05, 0.1) is 16.6 Å². The van der Waals surface area contributed by atoms with Crippen molar-refractivity contribution < 1.29 is 4.79 Å². The van der Waals surface area contributed by atoms with Gasteiger partial charge in [0, 0.05) is 24.4 Å². The second-order valence-electron chi connectivity index (χ2n) is 6.25. The second-order valence-corrected chi connectivity index (χ2v) is 6.25. The van der Waals surface area contributed by atoms with Crippen LogP contribution in [0.5, 0.6) is 0 Å². The van der Waals surface area contributed by atoms with E-state index in [0.717, 1.165) is 29.6 Å². The first kappa shape index (κ1) is 15.5. The lowest BCUT2D eigenvalue weighted by Gasteiger charge is -2.08. The van der Waals surface area contributed by atoms with Crippen LogP contribution >= 0.6 is 0 Å². The molecular weight excluding hydrogens is 314 g/mol. The van der Waals surface area contributed by atoms with Crippen LogP contribution in [0.25, 0.3) is 16.9 Å². The first-order chi connectivity index (χ1) is 12.2. The van der Waals surface area contributed by atoms with Gasteiger partial charge in [0.1, 0.15) is 0 Å². The van der Waals surface area contributed by atoms with Crippen molar-refractivity contribution >= 4 is 16.9 Å². The SMILES string of the molecule is C=CCNC(=O)c1cc(C2CC2)nc2c1c(C)nn2-c1ccccn1. The van der Waals surface area contributed by atoms with E-state index in [1.807, 2.05) is 31.2 Å². The normalized spacial score (nSPS) is 13.8. The Morgan fingerprint density at radius 3 is 2.96 bits per heavy atom. The van der Waals surface area contributed by atoms with Crippen LogP contribution in [0.15, 0.2) is 43.1 Å². The largest absolute Gasteiger partial charge is 0.349 e. The van der Waals surface area contributed by atoms with Crippen LogP contribution in [-0.4, -0.2) is 32.2 Å². The molecule has 4 rings (SSSR count). The lowest BCUT2D eigenvalue weighted by atomic mass is 10.1. The zero-order valence-corrected chi connectivity index (χ0v) is 14.1. The van der Waals surface area contributed by atoms with Gasteiger partial charge < -0.3 is 5.32 Å². The summed E-state index contributed by atoms with van der Waals surface area (Å²) in [7, 11) is 0. The molecule has 126 valence electrons. The molecule has 1 aliphatic carbocycles. The Morgan fingerprint density at radius 2 is 2.28 bits per heavy atom. The quantitative estimate of drug-likeness (QED) is 0.729. The van der Waals surface area contributed by atoms with Crippen LogP contribution < -0.4 is 5.32 Å². The van der Waals surface area contributed by atoms with Gasteiger partial charge >= 0.3 is 0 Å². The zero-order valence-electron chi connectivity index (χ0n) is 14.1. The third-order valence-corrected chi connectivity index (χ3v) is 4.35. The monoisotopic (exact) mass is 333 g/mol. The smallest absolute Gasteiger partial charge is 0.252 e. The maximum absolute atomic E-state index is 12.7. The standard InChI is InChI=1S/C19H19N5O/c1-3-9-21-19(25)14-11-15(13-7-8-13)22-18-17(14)12(2)23-24(18)16-6-4-5-10-20-16/h3-6,10-11,13H,1,7-9H2,2H3,(H,21,25). The van der Waals surface area contributed by atoms with Crippen molar-refractivity contribution in [2.45, 2.75) is 25.7 Å². The molecular formula is C19H19N5O. The van der Waals surface area contributed by atoms with Gasteiger partial charge in [0.15, 0.2) is 11.5 Å². The molecule has 0 aromatic carbocycles. The summed E-state index contributed by atoms with van der Waals surface area (Å²) in [5.74, 6) is 0.999. The number of rotatable bonds is 5. The minimum Gasteiger partial charge on any atom is -0.349 e. The van der Waals surface area contributed by atoms with Crippen molar-refractivity contribution in [2.24, 2.45) is 0 Å². The predicted molar refractivity (Wildman–Crippen MR) is 95.9 cm³/mol. The van der Waals surface area contributed by atoms with E-state index in [0.29, 0.717) is 29.5 Å². The van der Waals surface area contributed by atoms with Gasteiger partial charge in [0.2, 0.25) is 0 Å². The lowest BCUT2D eigenvalue weighted by molar-refractivity contribution is 0.0959. The Hall–Kier alpha value is -3.02. The number of fused-ring (bicyclic) bond motifs is 1. The Morgan fingerprint density at radius 1 is 1.44 bits per heavy atom. The van der Waals surface area contributed by atoms with E-state index >= 15 is 0 Å². The summed E-state index contributed by atoms with van der Waals surface area (Å²) in [4.78, 5) is 21.9. The molecule has 3 heterocycles. The molecule has 0 saturated heterocycles. The topological polar surface area (TPSA) is 72.7 Å². The number of aryl methyl sites for hydroxylation is 1. The molecule has 1 saturated carbocycles. The van der Waals surface area contributed by atoms with Gasteiger partial charge in [0.25, 0.3) is 5.91 Å². The number of nitrogens with zero attached hydrogens (tertiary/aromatic N) is 4. The molecule has 1 fully saturated rings. The minimum atomic E-state index is -0.127. The van der Waals surface area contributed by atoms with Crippen LogP contribution in [0.1, 0.15) is 40.5 Å². The summed E-state index contributed by atoms with van der Waals surface area (Å²) >= 11 is 0.